The minimum Gasteiger partial charge on any atom is -0.463 e. The van der Waals surface area contributed by atoms with Crippen molar-refractivity contribution in [1.29, 1.82) is 5.26 Å². The Morgan fingerprint density at radius 2 is 2.12 bits per heavy atom. The molecule has 0 amide bonds. The van der Waals surface area contributed by atoms with Gasteiger partial charge in [0.2, 0.25) is 0 Å². The number of methoxy groups -OCH3 is 1. The van der Waals surface area contributed by atoms with Crippen molar-refractivity contribution in [1.82, 2.24) is 0 Å². The fourth-order valence-corrected chi connectivity index (χ4v) is 1.77. The third kappa shape index (κ3) is 2.18. The van der Waals surface area contributed by atoms with Crippen LogP contribution >= 0.6 is 0 Å². The number of benzene rings is 1. The molecule has 1 aromatic carbocycles. The molecule has 4 heteroatoms. The second kappa shape index (κ2) is 4.38. The van der Waals surface area contributed by atoms with E-state index in [0.29, 0.717) is 17.0 Å². The Balaban J connectivity index is 2.43. The summed E-state index contributed by atoms with van der Waals surface area (Å²) < 4.78 is 4.42. The lowest BCUT2D eigenvalue weighted by molar-refractivity contribution is -0.135. The molecule has 1 saturated carbocycles. The second-order valence-electron chi connectivity index (χ2n) is 4.01. The van der Waals surface area contributed by atoms with Crippen molar-refractivity contribution in [3.63, 3.8) is 0 Å². The summed E-state index contributed by atoms with van der Waals surface area (Å²) in [6.45, 7) is 0. The summed E-state index contributed by atoms with van der Waals surface area (Å²) in [5, 5.41) is 8.82. The Morgan fingerprint density at radius 3 is 2.65 bits per heavy atom. The first-order valence-corrected chi connectivity index (χ1v) is 5.34. The van der Waals surface area contributed by atoms with Gasteiger partial charge in [0, 0.05) is 5.56 Å². The molecule has 4 nitrogen and oxygen atoms in total. The van der Waals surface area contributed by atoms with E-state index in [4.69, 9.17) is 5.26 Å². The van der Waals surface area contributed by atoms with Crippen molar-refractivity contribution in [3.05, 3.63) is 34.9 Å². The minimum atomic E-state index is -0.864. The van der Waals surface area contributed by atoms with Gasteiger partial charge in [0.15, 0.2) is 0 Å². The number of esters is 1. The SMILES string of the molecule is COC(=O)C(=O)c1ccc(C#N)cc1C1CC1. The molecule has 0 bridgehead atoms. The molecule has 0 aromatic heterocycles. The molecular weight excluding hydrogens is 218 g/mol. The largest absolute Gasteiger partial charge is 0.463 e. The fraction of sp³-hybridized carbons (Fsp3) is 0.308. The molecule has 1 fully saturated rings. The first-order valence-electron chi connectivity index (χ1n) is 5.34. The third-order valence-electron chi connectivity index (χ3n) is 2.81. The van der Waals surface area contributed by atoms with Crippen LogP contribution in [0.2, 0.25) is 0 Å². The molecule has 0 saturated heterocycles. The number of carbonyl (C=O) groups is 2. The van der Waals surface area contributed by atoms with E-state index in [1.165, 1.54) is 13.2 Å². The monoisotopic (exact) mass is 229 g/mol. The molecule has 1 aliphatic rings. The summed E-state index contributed by atoms with van der Waals surface area (Å²) in [5.41, 5.74) is 1.66. The zero-order valence-corrected chi connectivity index (χ0v) is 9.40. The van der Waals surface area contributed by atoms with Crippen LogP contribution in [0.15, 0.2) is 18.2 Å². The number of rotatable bonds is 3. The van der Waals surface area contributed by atoms with Crippen LogP contribution < -0.4 is 0 Å². The lowest BCUT2D eigenvalue weighted by Crippen LogP contribution is -2.17. The van der Waals surface area contributed by atoms with E-state index >= 15 is 0 Å². The van der Waals surface area contributed by atoms with Crippen LogP contribution in [0.25, 0.3) is 0 Å². The van der Waals surface area contributed by atoms with Crippen LogP contribution in [0.5, 0.6) is 0 Å². The van der Waals surface area contributed by atoms with Crippen LogP contribution in [-0.4, -0.2) is 18.9 Å². The molecule has 0 heterocycles. The van der Waals surface area contributed by atoms with Gasteiger partial charge in [0.1, 0.15) is 0 Å². The summed E-state index contributed by atoms with van der Waals surface area (Å²) in [4.78, 5) is 23.0. The number of hydrogen-bond donors (Lipinski definition) is 0. The lowest BCUT2D eigenvalue weighted by Gasteiger charge is -2.06. The van der Waals surface area contributed by atoms with Crippen LogP contribution in [0.4, 0.5) is 0 Å². The smallest absolute Gasteiger partial charge is 0.379 e. The maximum atomic E-state index is 11.8. The quantitative estimate of drug-likeness (QED) is 0.450. The van der Waals surface area contributed by atoms with Crippen LogP contribution in [0, 0.1) is 11.3 Å². The Hall–Kier alpha value is -2.15. The highest BCUT2D eigenvalue weighted by Gasteiger charge is 2.30. The van der Waals surface area contributed by atoms with Crippen LogP contribution in [0.3, 0.4) is 0 Å². The molecule has 0 aliphatic heterocycles. The molecular formula is C13H11NO3. The van der Waals surface area contributed by atoms with E-state index in [1.807, 2.05) is 6.07 Å². The fourth-order valence-electron chi connectivity index (χ4n) is 1.77. The van der Waals surface area contributed by atoms with Gasteiger partial charge in [-0.05, 0) is 42.5 Å². The van der Waals surface area contributed by atoms with E-state index in [2.05, 4.69) is 4.74 Å². The first-order chi connectivity index (χ1) is 8.17. The number of hydrogen-bond acceptors (Lipinski definition) is 4. The highest BCUT2D eigenvalue weighted by atomic mass is 16.5. The predicted octanol–water partition coefficient (Wildman–Crippen LogP) is 1.79. The van der Waals surface area contributed by atoms with Crippen molar-refractivity contribution in [2.24, 2.45) is 0 Å². The average Bonchev–Trinajstić information content (AvgIpc) is 3.20. The zero-order valence-electron chi connectivity index (χ0n) is 9.40. The minimum absolute atomic E-state index is 0.298. The molecule has 1 aromatic rings. The van der Waals surface area contributed by atoms with Crippen molar-refractivity contribution in [3.8, 4) is 6.07 Å². The van der Waals surface area contributed by atoms with E-state index in [9.17, 15) is 9.59 Å². The van der Waals surface area contributed by atoms with Crippen molar-refractivity contribution < 1.29 is 14.3 Å². The van der Waals surface area contributed by atoms with Gasteiger partial charge in [-0.1, -0.05) is 0 Å². The number of nitrogens with zero attached hydrogens (tertiary/aromatic N) is 1. The summed E-state index contributed by atoms with van der Waals surface area (Å²) in [6, 6.07) is 6.80. The van der Waals surface area contributed by atoms with Gasteiger partial charge in [0.25, 0.3) is 5.78 Å². The topological polar surface area (TPSA) is 67.2 Å². The molecule has 0 atom stereocenters. The summed E-state index contributed by atoms with van der Waals surface area (Å²) in [7, 11) is 1.18. The molecule has 0 unspecified atom stereocenters. The standard InChI is InChI=1S/C13H11NO3/c1-17-13(16)12(15)10-5-2-8(7-14)6-11(10)9-3-4-9/h2,5-6,9H,3-4H2,1H3. The highest BCUT2D eigenvalue weighted by molar-refractivity contribution is 6.41. The lowest BCUT2D eigenvalue weighted by atomic mass is 9.97. The van der Waals surface area contributed by atoms with Gasteiger partial charge in [-0.3, -0.25) is 4.79 Å². The van der Waals surface area contributed by atoms with Gasteiger partial charge in [-0.15, -0.1) is 0 Å². The van der Waals surface area contributed by atoms with E-state index in [1.54, 1.807) is 12.1 Å². The van der Waals surface area contributed by atoms with Crippen molar-refractivity contribution >= 4 is 11.8 Å². The van der Waals surface area contributed by atoms with Crippen LogP contribution in [-0.2, 0) is 9.53 Å². The van der Waals surface area contributed by atoms with Crippen LogP contribution in [0.1, 0.15) is 40.2 Å². The number of ketones is 1. The summed E-state index contributed by atoms with van der Waals surface area (Å²) >= 11 is 0. The van der Waals surface area contributed by atoms with E-state index in [-0.39, 0.29) is 0 Å². The molecule has 0 radical (unpaired) electrons. The molecule has 1 aliphatic carbocycles. The predicted molar refractivity (Wildman–Crippen MR) is 59.5 cm³/mol. The van der Waals surface area contributed by atoms with Crippen molar-refractivity contribution in [2.45, 2.75) is 18.8 Å². The Morgan fingerprint density at radius 1 is 1.41 bits per heavy atom. The Kier molecular flexibility index (Phi) is 2.92. The normalized spacial score (nSPS) is 13.9. The van der Waals surface area contributed by atoms with E-state index in [0.717, 1.165) is 18.4 Å². The van der Waals surface area contributed by atoms with Gasteiger partial charge in [0.05, 0.1) is 18.7 Å². The Bertz CT molecular complexity index is 524. The summed E-state index contributed by atoms with van der Waals surface area (Å²) in [5.74, 6) is -1.21. The number of ether oxygens (including phenoxy) is 1. The summed E-state index contributed by atoms with van der Waals surface area (Å²) in [6.07, 6.45) is 1.99. The molecule has 0 spiro atoms. The molecule has 2 rings (SSSR count). The zero-order chi connectivity index (χ0) is 12.4. The molecule has 17 heavy (non-hydrogen) atoms. The molecule has 0 N–H and O–H groups in total. The highest BCUT2D eigenvalue weighted by Crippen LogP contribution is 2.42. The number of Topliss-reactive ketones (excluding diaryl/α,β-unsaturated/α-hetero) is 1. The van der Waals surface area contributed by atoms with Crippen molar-refractivity contribution in [2.75, 3.05) is 7.11 Å². The Labute approximate surface area is 98.8 Å². The van der Waals surface area contributed by atoms with Gasteiger partial charge in [-0.2, -0.15) is 5.26 Å². The number of nitriles is 1. The maximum absolute atomic E-state index is 11.8. The maximum Gasteiger partial charge on any atom is 0.379 e. The molecule has 86 valence electrons. The van der Waals surface area contributed by atoms with Gasteiger partial charge in [-0.25, -0.2) is 4.79 Å². The third-order valence-corrected chi connectivity index (χ3v) is 2.81. The number of carbonyl (C=O) groups excluding carboxylic acids is 2. The average molecular weight is 229 g/mol. The van der Waals surface area contributed by atoms with Gasteiger partial charge < -0.3 is 4.74 Å². The first kappa shape index (κ1) is 11.3. The van der Waals surface area contributed by atoms with E-state index < -0.39 is 11.8 Å². The second-order valence-corrected chi connectivity index (χ2v) is 4.01. The van der Waals surface area contributed by atoms with Gasteiger partial charge >= 0.3 is 5.97 Å².